The van der Waals surface area contributed by atoms with E-state index in [1.165, 1.54) is 31.0 Å². The average molecular weight is 463 g/mol. The van der Waals surface area contributed by atoms with Crippen molar-refractivity contribution in [1.29, 1.82) is 0 Å². The van der Waals surface area contributed by atoms with Crippen LogP contribution in [0.4, 0.5) is 0 Å². The number of nitrogens with zero attached hydrogens (tertiary/aromatic N) is 3. The first kappa shape index (κ1) is 16.7. The first-order chi connectivity index (χ1) is 13.0. The molecule has 0 amide bonds. The van der Waals surface area contributed by atoms with Crippen molar-refractivity contribution in [3.63, 3.8) is 0 Å². The monoisotopic (exact) mass is 463 g/mol. The molecule has 0 aliphatic heterocycles. The van der Waals surface area contributed by atoms with E-state index >= 15 is 0 Å². The van der Waals surface area contributed by atoms with Crippen LogP contribution in [0.15, 0.2) is 54.6 Å². The fourth-order valence-corrected chi connectivity index (χ4v) is 4.39. The highest BCUT2D eigenvalue weighted by Crippen LogP contribution is 2.34. The summed E-state index contributed by atoms with van der Waals surface area (Å²) in [5.74, 6) is 0.905. The third kappa shape index (κ3) is 2.46. The number of halogens is 1. The van der Waals surface area contributed by atoms with Crippen LogP contribution in [0.5, 0.6) is 0 Å². The molecule has 27 heavy (non-hydrogen) atoms. The minimum absolute atomic E-state index is 0.905. The summed E-state index contributed by atoms with van der Waals surface area (Å²) in [6.45, 7) is 6.45. The summed E-state index contributed by atoms with van der Waals surface area (Å²) >= 11 is 2.38. The molecule has 0 spiro atoms. The number of pyridine rings is 1. The lowest BCUT2D eigenvalue weighted by atomic mass is 10.00. The van der Waals surface area contributed by atoms with Gasteiger partial charge in [0.1, 0.15) is 0 Å². The van der Waals surface area contributed by atoms with Crippen LogP contribution in [0.3, 0.4) is 0 Å². The fraction of sp³-hybridized carbons (Fsp3) is 0.130. The van der Waals surface area contributed by atoms with Gasteiger partial charge in [-0.2, -0.15) is 0 Å². The van der Waals surface area contributed by atoms with Crippen molar-refractivity contribution in [2.24, 2.45) is 0 Å². The Balaban J connectivity index is 2.00. The maximum absolute atomic E-state index is 4.63. The molecular weight excluding hydrogens is 445 g/mol. The summed E-state index contributed by atoms with van der Waals surface area (Å²) in [6, 6.07) is 19.5. The SMILES string of the molecule is Cc1cc(C)c(-c2nnc3c4ccccc4c4cc(I)ccc4n23)cc1C. The van der Waals surface area contributed by atoms with Gasteiger partial charge in [0, 0.05) is 19.9 Å². The number of aryl methyl sites for hydroxylation is 3. The summed E-state index contributed by atoms with van der Waals surface area (Å²) in [5, 5.41) is 12.8. The molecule has 0 unspecified atom stereocenters. The van der Waals surface area contributed by atoms with Gasteiger partial charge in [0.15, 0.2) is 11.5 Å². The molecule has 3 nitrogen and oxygen atoms in total. The second kappa shape index (κ2) is 6.02. The Morgan fingerprint density at radius 3 is 2.30 bits per heavy atom. The van der Waals surface area contributed by atoms with Gasteiger partial charge in [0.25, 0.3) is 0 Å². The Morgan fingerprint density at radius 1 is 0.741 bits per heavy atom. The summed E-state index contributed by atoms with van der Waals surface area (Å²) in [4.78, 5) is 0. The Morgan fingerprint density at radius 2 is 1.48 bits per heavy atom. The molecule has 0 atom stereocenters. The van der Waals surface area contributed by atoms with Gasteiger partial charge >= 0.3 is 0 Å². The first-order valence-electron chi connectivity index (χ1n) is 8.98. The number of benzene rings is 3. The number of fused-ring (bicyclic) bond motifs is 6. The highest BCUT2D eigenvalue weighted by molar-refractivity contribution is 14.1. The van der Waals surface area contributed by atoms with Crippen LogP contribution in [0.2, 0.25) is 0 Å². The topological polar surface area (TPSA) is 30.2 Å². The van der Waals surface area contributed by atoms with Gasteiger partial charge in [0.05, 0.1) is 5.52 Å². The molecule has 0 aliphatic carbocycles. The van der Waals surface area contributed by atoms with E-state index in [-0.39, 0.29) is 0 Å². The maximum Gasteiger partial charge on any atom is 0.169 e. The molecule has 0 fully saturated rings. The molecule has 0 N–H and O–H groups in total. The van der Waals surface area contributed by atoms with E-state index in [1.54, 1.807) is 0 Å². The highest BCUT2D eigenvalue weighted by Gasteiger charge is 2.17. The molecular formula is C23H18IN3. The molecule has 132 valence electrons. The smallest absolute Gasteiger partial charge is 0.169 e. The fourth-order valence-electron chi connectivity index (χ4n) is 3.89. The van der Waals surface area contributed by atoms with Crippen molar-refractivity contribution < 1.29 is 0 Å². The standard InChI is InChI=1S/C23H18IN3/c1-13-10-15(3)19(11-14(13)2)23-26-25-22-18-7-5-4-6-17(18)20-12-16(24)8-9-21(20)27(22)23/h4-12H,1-3H3. The van der Waals surface area contributed by atoms with Crippen molar-refractivity contribution in [1.82, 2.24) is 14.6 Å². The van der Waals surface area contributed by atoms with Gasteiger partial charge in [-0.3, -0.25) is 4.40 Å². The Kier molecular flexibility index (Phi) is 3.72. The molecule has 5 aromatic rings. The van der Waals surface area contributed by atoms with E-state index in [4.69, 9.17) is 0 Å². The van der Waals surface area contributed by atoms with Gasteiger partial charge in [-0.25, -0.2) is 0 Å². The average Bonchev–Trinajstić information content (AvgIpc) is 3.10. The number of rotatable bonds is 1. The lowest BCUT2D eigenvalue weighted by Crippen LogP contribution is -1.97. The van der Waals surface area contributed by atoms with Crippen molar-refractivity contribution in [2.75, 3.05) is 0 Å². The summed E-state index contributed by atoms with van der Waals surface area (Å²) in [7, 11) is 0. The predicted molar refractivity (Wildman–Crippen MR) is 120 cm³/mol. The molecule has 5 rings (SSSR count). The lowest BCUT2D eigenvalue weighted by Gasteiger charge is -2.12. The minimum atomic E-state index is 0.905. The molecule has 0 saturated heterocycles. The van der Waals surface area contributed by atoms with Gasteiger partial charge in [-0.05, 0) is 89.7 Å². The van der Waals surface area contributed by atoms with E-state index in [2.05, 4.69) is 113 Å². The summed E-state index contributed by atoms with van der Waals surface area (Å²) in [6.07, 6.45) is 0. The lowest BCUT2D eigenvalue weighted by molar-refractivity contribution is 1.11. The van der Waals surface area contributed by atoms with Crippen LogP contribution in [0.25, 0.3) is 38.7 Å². The van der Waals surface area contributed by atoms with Crippen molar-refractivity contribution in [3.05, 3.63) is 74.9 Å². The normalized spacial score (nSPS) is 11.7. The molecule has 0 aliphatic rings. The number of hydrogen-bond acceptors (Lipinski definition) is 2. The van der Waals surface area contributed by atoms with Gasteiger partial charge in [-0.1, -0.05) is 30.3 Å². The van der Waals surface area contributed by atoms with E-state index in [9.17, 15) is 0 Å². The third-order valence-electron chi connectivity index (χ3n) is 5.40. The quantitative estimate of drug-likeness (QED) is 0.218. The predicted octanol–water partition coefficient (Wildman–Crippen LogP) is 6.23. The Hall–Kier alpha value is -2.47. The highest BCUT2D eigenvalue weighted by atomic mass is 127. The zero-order valence-electron chi connectivity index (χ0n) is 15.4. The van der Waals surface area contributed by atoms with Gasteiger partial charge < -0.3 is 0 Å². The van der Waals surface area contributed by atoms with E-state index in [1.807, 2.05) is 0 Å². The molecule has 3 aromatic carbocycles. The van der Waals surface area contributed by atoms with E-state index < -0.39 is 0 Å². The zero-order chi connectivity index (χ0) is 18.7. The molecule has 2 heterocycles. The minimum Gasteiger partial charge on any atom is -0.274 e. The van der Waals surface area contributed by atoms with Crippen molar-refractivity contribution in [3.8, 4) is 11.4 Å². The molecule has 2 aromatic heterocycles. The molecule has 0 bridgehead atoms. The maximum atomic E-state index is 4.63. The number of hydrogen-bond donors (Lipinski definition) is 0. The molecule has 0 radical (unpaired) electrons. The zero-order valence-corrected chi connectivity index (χ0v) is 17.6. The molecule has 0 saturated carbocycles. The number of aromatic nitrogens is 3. The summed E-state index contributed by atoms with van der Waals surface area (Å²) < 4.78 is 3.44. The first-order valence-corrected chi connectivity index (χ1v) is 10.1. The van der Waals surface area contributed by atoms with Crippen LogP contribution in [0, 0.1) is 24.3 Å². The van der Waals surface area contributed by atoms with Crippen LogP contribution < -0.4 is 0 Å². The van der Waals surface area contributed by atoms with Gasteiger partial charge in [-0.15, -0.1) is 10.2 Å². The second-order valence-electron chi connectivity index (χ2n) is 7.14. The van der Waals surface area contributed by atoms with Crippen LogP contribution in [-0.4, -0.2) is 14.6 Å². The van der Waals surface area contributed by atoms with Crippen molar-refractivity contribution in [2.45, 2.75) is 20.8 Å². The van der Waals surface area contributed by atoms with Crippen molar-refractivity contribution >= 4 is 49.9 Å². The Labute approximate surface area is 171 Å². The van der Waals surface area contributed by atoms with Crippen LogP contribution >= 0.6 is 22.6 Å². The van der Waals surface area contributed by atoms with Crippen LogP contribution in [-0.2, 0) is 0 Å². The Bertz CT molecular complexity index is 1370. The third-order valence-corrected chi connectivity index (χ3v) is 6.07. The second-order valence-corrected chi connectivity index (χ2v) is 8.39. The summed E-state index contributed by atoms with van der Waals surface area (Å²) in [5.41, 5.74) is 6.98. The van der Waals surface area contributed by atoms with E-state index in [0.717, 1.165) is 27.9 Å². The largest absolute Gasteiger partial charge is 0.274 e. The molecule has 4 heteroatoms. The van der Waals surface area contributed by atoms with Crippen LogP contribution in [0.1, 0.15) is 16.7 Å². The van der Waals surface area contributed by atoms with E-state index in [0.29, 0.717) is 0 Å². The van der Waals surface area contributed by atoms with Gasteiger partial charge in [0.2, 0.25) is 0 Å².